The molecule has 0 saturated carbocycles. The van der Waals surface area contributed by atoms with E-state index in [2.05, 4.69) is 46.1 Å². The van der Waals surface area contributed by atoms with Crippen LogP contribution in [0.1, 0.15) is 6.92 Å². The number of H-pyrrole nitrogens is 1. The fourth-order valence-electron chi connectivity index (χ4n) is 3.20. The molecule has 1 unspecified atom stereocenters. The van der Waals surface area contributed by atoms with Crippen LogP contribution in [0.4, 0.5) is 5.95 Å². The Morgan fingerprint density at radius 3 is 2.80 bits per heavy atom. The first-order valence-electron chi connectivity index (χ1n) is 8.16. The lowest BCUT2D eigenvalue weighted by Gasteiger charge is -2.32. The van der Waals surface area contributed by atoms with Crippen LogP contribution >= 0.6 is 12.6 Å². The van der Waals surface area contributed by atoms with Gasteiger partial charge in [-0.3, -0.25) is 0 Å². The number of allylic oxidation sites excluding steroid dienone is 1. The van der Waals surface area contributed by atoms with Crippen molar-refractivity contribution in [1.29, 1.82) is 0 Å². The Labute approximate surface area is 152 Å². The minimum absolute atomic E-state index is 0.104. The van der Waals surface area contributed by atoms with Gasteiger partial charge in [-0.05, 0) is 48.9 Å². The average Bonchev–Trinajstić information content (AvgIpc) is 3.30. The summed E-state index contributed by atoms with van der Waals surface area (Å²) in [5.41, 5.74) is 4.20. The Morgan fingerprint density at radius 1 is 1.28 bits per heavy atom. The molecule has 0 amide bonds. The second kappa shape index (κ2) is 6.37. The molecule has 3 aromatic rings. The summed E-state index contributed by atoms with van der Waals surface area (Å²) in [4.78, 5) is 10.3. The number of imidazole rings is 1. The second-order valence-corrected chi connectivity index (χ2v) is 6.39. The molecule has 0 radical (unpaired) electrons. The molecular formula is C19H20N4OS. The van der Waals surface area contributed by atoms with Gasteiger partial charge < -0.3 is 19.2 Å². The van der Waals surface area contributed by atoms with Gasteiger partial charge in [-0.25, -0.2) is 4.98 Å². The van der Waals surface area contributed by atoms with Crippen LogP contribution in [0.2, 0.25) is 0 Å². The topological polar surface area (TPSA) is 46.1 Å². The van der Waals surface area contributed by atoms with Gasteiger partial charge in [0.05, 0.1) is 24.2 Å². The Kier molecular flexibility index (Phi) is 4.05. The number of hydrogen-bond acceptors (Lipinski definition) is 4. The Hall–Kier alpha value is -2.60. The van der Waals surface area contributed by atoms with Gasteiger partial charge >= 0.3 is 0 Å². The molecule has 0 bridgehead atoms. The van der Waals surface area contributed by atoms with E-state index < -0.39 is 0 Å². The molecular weight excluding hydrogens is 332 g/mol. The van der Waals surface area contributed by atoms with Crippen LogP contribution in [0.3, 0.4) is 0 Å². The van der Waals surface area contributed by atoms with Gasteiger partial charge in [-0.1, -0.05) is 0 Å². The third kappa shape index (κ3) is 2.72. The molecule has 3 heterocycles. The molecule has 0 aliphatic carbocycles. The number of ether oxygens (including phenoxy) is 1. The third-order valence-electron chi connectivity index (χ3n) is 4.60. The highest BCUT2D eigenvalue weighted by Crippen LogP contribution is 2.29. The number of fused-ring (bicyclic) bond motifs is 1. The number of nitrogens with zero attached hydrogens (tertiary/aromatic N) is 3. The lowest BCUT2D eigenvalue weighted by Crippen LogP contribution is -2.36. The zero-order chi connectivity index (χ0) is 17.4. The first-order valence-corrected chi connectivity index (χ1v) is 8.80. The normalized spacial score (nSPS) is 17.6. The molecule has 1 aliphatic heterocycles. The van der Waals surface area contributed by atoms with Crippen LogP contribution in [-0.2, 0) is 4.74 Å². The molecule has 4 rings (SSSR count). The van der Waals surface area contributed by atoms with Crippen LogP contribution in [0, 0.1) is 0 Å². The minimum atomic E-state index is 0.104. The molecule has 0 saturated heterocycles. The van der Waals surface area contributed by atoms with Crippen LogP contribution in [0.25, 0.3) is 16.7 Å². The predicted octanol–water partition coefficient (Wildman–Crippen LogP) is 3.91. The Balaban J connectivity index is 1.72. The standard InChI is InChI=1S/C19H20N4OS/c1-13-17(12-25)23(10-7-18(13)24-2)19-20-15-6-5-14(11-16(15)21-19)22-8-3-4-9-22/h3-11,17,25H,12H2,1-2H3,(H,20,21). The predicted molar refractivity (Wildman–Crippen MR) is 104 cm³/mol. The molecule has 128 valence electrons. The van der Waals surface area contributed by atoms with E-state index >= 15 is 0 Å². The molecule has 1 aliphatic rings. The summed E-state index contributed by atoms with van der Waals surface area (Å²) < 4.78 is 7.51. The monoisotopic (exact) mass is 352 g/mol. The van der Waals surface area contributed by atoms with E-state index in [4.69, 9.17) is 9.72 Å². The van der Waals surface area contributed by atoms with Crippen LogP contribution in [0.15, 0.2) is 66.3 Å². The summed E-state index contributed by atoms with van der Waals surface area (Å²) in [6.45, 7) is 2.07. The number of methoxy groups -OCH3 is 1. The van der Waals surface area contributed by atoms with E-state index in [1.54, 1.807) is 7.11 Å². The fraction of sp³-hybridized carbons (Fsp3) is 0.211. The van der Waals surface area contributed by atoms with E-state index in [-0.39, 0.29) is 6.04 Å². The maximum atomic E-state index is 5.43. The van der Waals surface area contributed by atoms with Crippen molar-refractivity contribution in [3.05, 3.63) is 66.3 Å². The number of aromatic nitrogens is 3. The number of nitrogens with one attached hydrogen (secondary N) is 1. The van der Waals surface area contributed by atoms with Gasteiger partial charge in [-0.2, -0.15) is 12.6 Å². The highest BCUT2D eigenvalue weighted by atomic mass is 32.1. The van der Waals surface area contributed by atoms with Crippen molar-refractivity contribution in [1.82, 2.24) is 14.5 Å². The van der Waals surface area contributed by atoms with Crippen molar-refractivity contribution in [3.8, 4) is 5.69 Å². The van der Waals surface area contributed by atoms with Crippen molar-refractivity contribution in [2.24, 2.45) is 0 Å². The lowest BCUT2D eigenvalue weighted by atomic mass is 10.1. The van der Waals surface area contributed by atoms with Gasteiger partial charge in [0.1, 0.15) is 5.76 Å². The summed E-state index contributed by atoms with van der Waals surface area (Å²) in [5, 5.41) is 0. The maximum Gasteiger partial charge on any atom is 0.208 e. The molecule has 25 heavy (non-hydrogen) atoms. The van der Waals surface area contributed by atoms with E-state index in [0.29, 0.717) is 5.75 Å². The average molecular weight is 352 g/mol. The zero-order valence-corrected chi connectivity index (χ0v) is 15.1. The molecule has 0 spiro atoms. The number of rotatable bonds is 4. The SMILES string of the molecule is COC1=C(C)C(CS)N(c2nc3ccc(-n4cccc4)cc3[nH]2)C=C1. The van der Waals surface area contributed by atoms with Gasteiger partial charge in [0.15, 0.2) is 0 Å². The van der Waals surface area contributed by atoms with Gasteiger partial charge in [0.25, 0.3) is 0 Å². The number of benzene rings is 1. The number of aromatic amines is 1. The second-order valence-electron chi connectivity index (χ2n) is 6.02. The molecule has 1 aromatic carbocycles. The summed E-state index contributed by atoms with van der Waals surface area (Å²) in [5.74, 6) is 2.38. The quantitative estimate of drug-likeness (QED) is 0.700. The summed E-state index contributed by atoms with van der Waals surface area (Å²) in [6, 6.07) is 10.4. The summed E-state index contributed by atoms with van der Waals surface area (Å²) in [7, 11) is 1.69. The molecule has 5 nitrogen and oxygen atoms in total. The molecule has 0 fully saturated rings. The van der Waals surface area contributed by atoms with Crippen LogP contribution in [0.5, 0.6) is 0 Å². The number of thiol groups is 1. The van der Waals surface area contributed by atoms with E-state index in [0.717, 1.165) is 34.0 Å². The fourth-order valence-corrected chi connectivity index (χ4v) is 3.65. The first-order chi connectivity index (χ1) is 12.2. The third-order valence-corrected chi connectivity index (χ3v) is 4.95. The highest BCUT2D eigenvalue weighted by molar-refractivity contribution is 7.80. The zero-order valence-electron chi connectivity index (χ0n) is 14.2. The Morgan fingerprint density at radius 2 is 2.08 bits per heavy atom. The molecule has 2 aromatic heterocycles. The van der Waals surface area contributed by atoms with Crippen molar-refractivity contribution in [3.63, 3.8) is 0 Å². The van der Waals surface area contributed by atoms with E-state index in [1.807, 2.05) is 42.9 Å². The van der Waals surface area contributed by atoms with Crippen LogP contribution < -0.4 is 4.90 Å². The maximum absolute atomic E-state index is 5.43. The molecule has 1 atom stereocenters. The smallest absolute Gasteiger partial charge is 0.208 e. The van der Waals surface area contributed by atoms with Crippen molar-refractivity contribution in [2.45, 2.75) is 13.0 Å². The number of anilines is 1. The number of hydrogen-bond donors (Lipinski definition) is 2. The molecule has 1 N–H and O–H groups in total. The lowest BCUT2D eigenvalue weighted by molar-refractivity contribution is 0.298. The summed E-state index contributed by atoms with van der Waals surface area (Å²) >= 11 is 4.52. The highest BCUT2D eigenvalue weighted by Gasteiger charge is 2.25. The van der Waals surface area contributed by atoms with Gasteiger partial charge in [-0.15, -0.1) is 0 Å². The van der Waals surface area contributed by atoms with Crippen molar-refractivity contribution in [2.75, 3.05) is 17.8 Å². The van der Waals surface area contributed by atoms with E-state index in [1.165, 1.54) is 0 Å². The van der Waals surface area contributed by atoms with E-state index in [9.17, 15) is 0 Å². The summed E-state index contributed by atoms with van der Waals surface area (Å²) in [6.07, 6.45) is 8.03. The Bertz CT molecular complexity index is 955. The first kappa shape index (κ1) is 15.9. The largest absolute Gasteiger partial charge is 0.497 e. The minimum Gasteiger partial charge on any atom is -0.497 e. The molecule has 6 heteroatoms. The van der Waals surface area contributed by atoms with Crippen LogP contribution in [-0.4, -0.2) is 33.4 Å². The van der Waals surface area contributed by atoms with Crippen molar-refractivity contribution < 1.29 is 4.74 Å². The van der Waals surface area contributed by atoms with Crippen molar-refractivity contribution >= 4 is 29.6 Å². The van der Waals surface area contributed by atoms with Gasteiger partial charge in [0.2, 0.25) is 5.95 Å². The van der Waals surface area contributed by atoms with Gasteiger partial charge in [0, 0.05) is 30.0 Å².